The molecule has 0 aliphatic carbocycles. The number of nitrogens with one attached hydrogen (secondary N) is 2. The molecule has 2 atom stereocenters. The van der Waals surface area contributed by atoms with Crippen molar-refractivity contribution in [1.82, 2.24) is 0 Å². The minimum atomic E-state index is -2.94. The Kier molecular flexibility index (Phi) is 15.3. The van der Waals surface area contributed by atoms with Crippen LogP contribution in [0.1, 0.15) is 78.4 Å². The van der Waals surface area contributed by atoms with E-state index >= 15 is 0 Å². The maximum atomic E-state index is 13.2. The lowest BCUT2D eigenvalue weighted by Gasteiger charge is -2.31. The van der Waals surface area contributed by atoms with E-state index in [-0.39, 0.29) is 24.3 Å². The van der Waals surface area contributed by atoms with Crippen LogP contribution in [-0.2, 0) is 28.2 Å². The molecule has 0 unspecified atom stereocenters. The standard InChI is InChI=1S/C35H54N3O7P/c1-11-27(19-32(39)43-22-44-34(40)33(25(6)7)45-46(9,10)42)28-14-17-31(38(20-23(2)3)21-24(4)5)30(18-28)37-35(41)36-29-15-12-26(8)13-16-29/h12-18,23-25,27,33H,11,19-22H2,1-10H3,(H2,36,37,41)/t27-,33-/m0/s1. The molecule has 0 radical (unpaired) electrons. The van der Waals surface area contributed by atoms with E-state index in [1.165, 1.54) is 13.3 Å². The summed E-state index contributed by atoms with van der Waals surface area (Å²) in [5.41, 5.74) is 4.20. The number of carbonyl (C=O) groups excluding carboxylic acids is 3. The topological polar surface area (TPSA) is 123 Å². The molecular weight excluding hydrogens is 605 g/mol. The van der Waals surface area contributed by atoms with Crippen molar-refractivity contribution in [3.63, 3.8) is 0 Å². The van der Waals surface area contributed by atoms with Gasteiger partial charge >= 0.3 is 18.0 Å². The number of esters is 2. The molecule has 2 aromatic rings. The van der Waals surface area contributed by atoms with Crippen LogP contribution in [-0.4, -0.2) is 57.3 Å². The summed E-state index contributed by atoms with van der Waals surface area (Å²) in [6.07, 6.45) is -0.342. The first-order valence-corrected chi connectivity index (χ1v) is 18.6. The molecule has 0 aliphatic heterocycles. The fraction of sp³-hybridized carbons (Fsp3) is 0.571. The van der Waals surface area contributed by atoms with Crippen LogP contribution in [0.3, 0.4) is 0 Å². The van der Waals surface area contributed by atoms with Crippen LogP contribution in [0.2, 0.25) is 0 Å². The second kappa shape index (κ2) is 18.1. The summed E-state index contributed by atoms with van der Waals surface area (Å²) in [6, 6.07) is 13.1. The molecular formula is C35H54N3O7P. The van der Waals surface area contributed by atoms with E-state index in [0.29, 0.717) is 29.6 Å². The van der Waals surface area contributed by atoms with Gasteiger partial charge in [-0.25, -0.2) is 9.59 Å². The van der Waals surface area contributed by atoms with Crippen LogP contribution in [0.4, 0.5) is 21.9 Å². The molecule has 0 fully saturated rings. The number of urea groups is 1. The molecule has 0 aliphatic rings. The van der Waals surface area contributed by atoms with Crippen LogP contribution < -0.4 is 15.5 Å². The van der Waals surface area contributed by atoms with Crippen molar-refractivity contribution >= 4 is 42.4 Å². The zero-order valence-electron chi connectivity index (χ0n) is 29.2. The van der Waals surface area contributed by atoms with Gasteiger partial charge in [0.1, 0.15) is 0 Å². The first kappa shape index (κ1) is 38.8. The quantitative estimate of drug-likeness (QED) is 0.0989. The molecule has 11 heteroatoms. The van der Waals surface area contributed by atoms with Crippen LogP contribution in [0.5, 0.6) is 0 Å². The average molecular weight is 660 g/mol. The Bertz CT molecular complexity index is 1330. The van der Waals surface area contributed by atoms with E-state index < -0.39 is 32.2 Å². The van der Waals surface area contributed by atoms with Gasteiger partial charge in [0.05, 0.1) is 17.8 Å². The second-order valence-corrected chi connectivity index (χ2v) is 16.1. The van der Waals surface area contributed by atoms with Crippen molar-refractivity contribution < 1.29 is 32.9 Å². The van der Waals surface area contributed by atoms with Crippen LogP contribution >= 0.6 is 7.37 Å². The Hall–Kier alpha value is -3.36. The third kappa shape index (κ3) is 13.6. The number of hydrogen-bond donors (Lipinski definition) is 2. The smallest absolute Gasteiger partial charge is 0.338 e. The van der Waals surface area contributed by atoms with E-state index in [1.54, 1.807) is 13.8 Å². The minimum Gasteiger partial charge on any atom is -0.428 e. The molecule has 0 saturated carbocycles. The van der Waals surface area contributed by atoms with Crippen LogP contribution in [0, 0.1) is 24.7 Å². The van der Waals surface area contributed by atoms with Crippen molar-refractivity contribution in [2.75, 3.05) is 48.7 Å². The summed E-state index contributed by atoms with van der Waals surface area (Å²) in [7, 11) is -2.94. The monoisotopic (exact) mass is 659 g/mol. The minimum absolute atomic E-state index is 0.0489. The highest BCUT2D eigenvalue weighted by Crippen LogP contribution is 2.40. The fourth-order valence-electron chi connectivity index (χ4n) is 4.96. The van der Waals surface area contributed by atoms with E-state index in [0.717, 1.165) is 29.9 Å². The summed E-state index contributed by atoms with van der Waals surface area (Å²) < 4.78 is 27.9. The van der Waals surface area contributed by atoms with Gasteiger partial charge in [0.2, 0.25) is 6.79 Å². The predicted molar refractivity (Wildman–Crippen MR) is 186 cm³/mol. The molecule has 46 heavy (non-hydrogen) atoms. The highest BCUT2D eigenvalue weighted by molar-refractivity contribution is 7.57. The zero-order chi connectivity index (χ0) is 34.6. The third-order valence-electron chi connectivity index (χ3n) is 7.09. The molecule has 256 valence electrons. The van der Waals surface area contributed by atoms with E-state index in [4.69, 9.17) is 14.0 Å². The molecule has 0 spiro atoms. The average Bonchev–Trinajstić information content (AvgIpc) is 2.94. The lowest BCUT2D eigenvalue weighted by molar-refractivity contribution is -0.173. The van der Waals surface area contributed by atoms with Crippen LogP contribution in [0.25, 0.3) is 0 Å². The Morgan fingerprint density at radius 1 is 0.870 bits per heavy atom. The molecule has 0 heterocycles. The van der Waals surface area contributed by atoms with Gasteiger partial charge in [-0.2, -0.15) is 0 Å². The van der Waals surface area contributed by atoms with Gasteiger partial charge < -0.3 is 29.5 Å². The predicted octanol–water partition coefficient (Wildman–Crippen LogP) is 8.26. The first-order valence-electron chi connectivity index (χ1n) is 16.1. The fourth-order valence-corrected chi connectivity index (χ4v) is 5.84. The normalized spacial score (nSPS) is 13.0. The molecule has 2 amide bonds. The Labute approximate surface area is 275 Å². The summed E-state index contributed by atoms with van der Waals surface area (Å²) in [5, 5.41) is 5.97. The maximum Gasteiger partial charge on any atom is 0.338 e. The molecule has 0 aromatic heterocycles. The number of ether oxygens (including phenoxy) is 2. The number of benzene rings is 2. The molecule has 2 aromatic carbocycles. The van der Waals surface area contributed by atoms with E-state index in [2.05, 4.69) is 43.2 Å². The molecule has 2 rings (SSSR count). The number of amides is 2. The van der Waals surface area contributed by atoms with Gasteiger partial charge in [-0.15, -0.1) is 0 Å². The Morgan fingerprint density at radius 2 is 1.48 bits per heavy atom. The first-order chi connectivity index (χ1) is 21.5. The number of nitrogens with zero attached hydrogens (tertiary/aromatic N) is 1. The van der Waals surface area contributed by atoms with Gasteiger partial charge in [0, 0.05) is 32.1 Å². The number of carbonyl (C=O) groups is 3. The van der Waals surface area contributed by atoms with Crippen molar-refractivity contribution in [3.05, 3.63) is 53.6 Å². The van der Waals surface area contributed by atoms with Crippen molar-refractivity contribution in [2.24, 2.45) is 17.8 Å². The van der Waals surface area contributed by atoms with Crippen molar-refractivity contribution in [1.29, 1.82) is 0 Å². The highest BCUT2D eigenvalue weighted by atomic mass is 31.2. The largest absolute Gasteiger partial charge is 0.428 e. The van der Waals surface area contributed by atoms with Crippen LogP contribution in [0.15, 0.2) is 42.5 Å². The lowest BCUT2D eigenvalue weighted by atomic mass is 9.92. The summed E-state index contributed by atoms with van der Waals surface area (Å²) >= 11 is 0. The van der Waals surface area contributed by atoms with Gasteiger partial charge in [-0.1, -0.05) is 72.2 Å². The van der Waals surface area contributed by atoms with Gasteiger partial charge in [-0.05, 0) is 66.8 Å². The summed E-state index contributed by atoms with van der Waals surface area (Å²) in [5.74, 6) is -0.954. The summed E-state index contributed by atoms with van der Waals surface area (Å²) in [6.45, 7) is 20.0. The maximum absolute atomic E-state index is 13.2. The number of aryl methyl sites for hydroxylation is 1. The highest BCUT2D eigenvalue weighted by Gasteiger charge is 2.30. The number of hydrogen-bond acceptors (Lipinski definition) is 8. The zero-order valence-corrected chi connectivity index (χ0v) is 30.1. The van der Waals surface area contributed by atoms with Crippen molar-refractivity contribution in [2.45, 2.75) is 80.3 Å². The molecule has 10 nitrogen and oxygen atoms in total. The Morgan fingerprint density at radius 3 is 2.00 bits per heavy atom. The van der Waals surface area contributed by atoms with Gasteiger partial charge in [0.15, 0.2) is 13.5 Å². The SMILES string of the molecule is CC[C@@H](CC(=O)OCOC(=O)[C@@H](OP(C)(C)=O)C(C)C)c1ccc(N(CC(C)C)CC(C)C)c(NC(=O)Nc2ccc(C)cc2)c1. The van der Waals surface area contributed by atoms with E-state index in [1.807, 2.05) is 56.3 Å². The lowest BCUT2D eigenvalue weighted by Crippen LogP contribution is -2.32. The summed E-state index contributed by atoms with van der Waals surface area (Å²) in [4.78, 5) is 40.8. The molecule has 2 N–H and O–H groups in total. The van der Waals surface area contributed by atoms with E-state index in [9.17, 15) is 18.9 Å². The molecule has 0 saturated heterocycles. The Balaban J connectivity index is 2.24. The van der Waals surface area contributed by atoms with Gasteiger partial charge in [-0.3, -0.25) is 9.36 Å². The third-order valence-corrected chi connectivity index (χ3v) is 7.83. The second-order valence-electron chi connectivity index (χ2n) is 13.3. The molecule has 0 bridgehead atoms. The number of rotatable bonds is 17. The van der Waals surface area contributed by atoms with Crippen molar-refractivity contribution in [3.8, 4) is 0 Å². The number of anilines is 3. The van der Waals surface area contributed by atoms with Gasteiger partial charge in [0.25, 0.3) is 0 Å².